The quantitative estimate of drug-likeness (QED) is 0.863. The van der Waals surface area contributed by atoms with Gasteiger partial charge in [-0.15, -0.1) is 0 Å². The molecule has 1 atom stereocenters. The third-order valence-corrected chi connectivity index (χ3v) is 4.98. The maximum atomic E-state index is 12.7. The molecule has 5 heteroatoms. The zero-order valence-electron chi connectivity index (χ0n) is 14.3. The van der Waals surface area contributed by atoms with Gasteiger partial charge >= 0.3 is 0 Å². The molecule has 0 unspecified atom stereocenters. The smallest absolute Gasteiger partial charge is 0.254 e. The van der Waals surface area contributed by atoms with E-state index in [1.165, 1.54) is 16.5 Å². The van der Waals surface area contributed by atoms with E-state index in [2.05, 4.69) is 19.1 Å². The van der Waals surface area contributed by atoms with Gasteiger partial charge in [-0.05, 0) is 13.0 Å². The molecule has 1 heterocycles. The number of carbonyl (C=O) groups excluding carboxylic acids is 2. The second kappa shape index (κ2) is 7.49. The van der Waals surface area contributed by atoms with Crippen LogP contribution in [-0.4, -0.2) is 43.0 Å². The summed E-state index contributed by atoms with van der Waals surface area (Å²) in [7, 11) is 0. The van der Waals surface area contributed by atoms with Gasteiger partial charge in [0.25, 0.3) is 5.91 Å². The van der Waals surface area contributed by atoms with Crippen LogP contribution in [0.3, 0.4) is 0 Å². The Morgan fingerprint density at radius 3 is 2.12 bits per heavy atom. The van der Waals surface area contributed by atoms with E-state index in [9.17, 15) is 14.7 Å². The standard InChI is InChI=1S/C20H22N2O3/c1-15(16-7-3-2-4-8-16)21-11-13-22(14-12-21)19(23)17-9-5-6-10-18(17)20(24)25/h2-10,15H,11-14H2,1H3,(H,24,25)/t15-/m1/s1. The second-order valence-corrected chi connectivity index (χ2v) is 6.42. The fraction of sp³-hybridized carbons (Fsp3) is 0.300. The lowest BCUT2D eigenvalue weighted by Crippen LogP contribution is -3.14. The first-order valence-corrected chi connectivity index (χ1v) is 8.57. The summed E-state index contributed by atoms with van der Waals surface area (Å²) in [5, 5.41) is 11.2. The average Bonchev–Trinajstić information content (AvgIpc) is 2.67. The molecule has 0 saturated carbocycles. The first-order valence-electron chi connectivity index (χ1n) is 8.57. The lowest BCUT2D eigenvalue weighted by atomic mass is 10.0. The Morgan fingerprint density at radius 1 is 0.960 bits per heavy atom. The number of hydrogen-bond acceptors (Lipinski definition) is 3. The Balaban J connectivity index is 1.66. The van der Waals surface area contributed by atoms with Crippen LogP contribution in [0, 0.1) is 0 Å². The van der Waals surface area contributed by atoms with Crippen LogP contribution in [0.4, 0.5) is 0 Å². The molecule has 1 aliphatic rings. The van der Waals surface area contributed by atoms with Crippen LogP contribution in [-0.2, 0) is 0 Å². The van der Waals surface area contributed by atoms with Gasteiger partial charge in [0.05, 0.1) is 32.1 Å². The van der Waals surface area contributed by atoms with Crippen molar-refractivity contribution in [2.45, 2.75) is 13.0 Å². The van der Waals surface area contributed by atoms with Crippen LogP contribution in [0.1, 0.15) is 39.2 Å². The van der Waals surface area contributed by atoms with Crippen molar-refractivity contribution in [2.75, 3.05) is 26.2 Å². The largest absolute Gasteiger partial charge is 0.545 e. The molecule has 130 valence electrons. The van der Waals surface area contributed by atoms with Crippen molar-refractivity contribution in [3.05, 3.63) is 71.3 Å². The van der Waals surface area contributed by atoms with Crippen LogP contribution < -0.4 is 10.0 Å². The SMILES string of the molecule is C[C@H](c1ccccc1)[NH+]1CCN(C(=O)c2ccccc2C(=O)[O-])CC1. The van der Waals surface area contributed by atoms with E-state index in [0.717, 1.165) is 13.1 Å². The maximum absolute atomic E-state index is 12.7. The summed E-state index contributed by atoms with van der Waals surface area (Å²) in [6, 6.07) is 17.0. The van der Waals surface area contributed by atoms with Gasteiger partial charge in [0.1, 0.15) is 6.04 Å². The van der Waals surface area contributed by atoms with E-state index in [-0.39, 0.29) is 17.0 Å². The fourth-order valence-electron chi connectivity index (χ4n) is 3.43. The molecule has 1 aliphatic heterocycles. The van der Waals surface area contributed by atoms with Crippen LogP contribution in [0.15, 0.2) is 54.6 Å². The summed E-state index contributed by atoms with van der Waals surface area (Å²) < 4.78 is 0. The van der Waals surface area contributed by atoms with E-state index in [4.69, 9.17) is 0 Å². The molecule has 1 N–H and O–H groups in total. The molecule has 0 radical (unpaired) electrons. The number of quaternary nitrogens is 1. The summed E-state index contributed by atoms with van der Waals surface area (Å²) in [5.41, 5.74) is 1.46. The lowest BCUT2D eigenvalue weighted by molar-refractivity contribution is -0.933. The van der Waals surface area contributed by atoms with Crippen molar-refractivity contribution in [3.63, 3.8) is 0 Å². The summed E-state index contributed by atoms with van der Waals surface area (Å²) in [6.45, 7) is 5.12. The highest BCUT2D eigenvalue weighted by Crippen LogP contribution is 2.13. The molecule has 2 aromatic carbocycles. The number of hydrogen-bond donors (Lipinski definition) is 1. The van der Waals surface area contributed by atoms with E-state index in [1.54, 1.807) is 23.1 Å². The van der Waals surface area contributed by atoms with E-state index < -0.39 is 5.97 Å². The molecule has 0 spiro atoms. The van der Waals surface area contributed by atoms with Gasteiger partial charge in [-0.1, -0.05) is 48.5 Å². The second-order valence-electron chi connectivity index (χ2n) is 6.42. The number of carboxylic acid groups (broad SMARTS) is 1. The Labute approximate surface area is 147 Å². The molecule has 3 rings (SSSR count). The molecule has 2 aromatic rings. The van der Waals surface area contributed by atoms with Crippen molar-refractivity contribution < 1.29 is 19.6 Å². The third kappa shape index (κ3) is 3.72. The first kappa shape index (κ1) is 17.2. The minimum atomic E-state index is -1.31. The molecule has 0 aromatic heterocycles. The highest BCUT2D eigenvalue weighted by molar-refractivity contribution is 6.04. The van der Waals surface area contributed by atoms with E-state index in [1.807, 2.05) is 18.2 Å². The van der Waals surface area contributed by atoms with E-state index >= 15 is 0 Å². The number of nitrogens with zero attached hydrogens (tertiary/aromatic N) is 1. The molecule has 0 aliphatic carbocycles. The van der Waals surface area contributed by atoms with Gasteiger partial charge in [-0.3, -0.25) is 4.79 Å². The third-order valence-electron chi connectivity index (χ3n) is 4.98. The Hall–Kier alpha value is -2.66. The van der Waals surface area contributed by atoms with Gasteiger partial charge in [0.15, 0.2) is 0 Å². The molecule has 1 amide bonds. The zero-order valence-corrected chi connectivity index (χ0v) is 14.3. The molecule has 1 fully saturated rings. The van der Waals surface area contributed by atoms with Crippen molar-refractivity contribution in [3.8, 4) is 0 Å². The number of carbonyl (C=O) groups is 2. The zero-order chi connectivity index (χ0) is 17.8. The topological polar surface area (TPSA) is 64.9 Å². The molecule has 1 saturated heterocycles. The Morgan fingerprint density at radius 2 is 1.52 bits per heavy atom. The van der Waals surface area contributed by atoms with E-state index in [0.29, 0.717) is 19.1 Å². The summed E-state index contributed by atoms with van der Waals surface area (Å²) in [4.78, 5) is 27.1. The number of aromatic carboxylic acids is 1. The average molecular weight is 338 g/mol. The van der Waals surface area contributed by atoms with Crippen LogP contribution in [0.25, 0.3) is 0 Å². The predicted molar refractivity (Wildman–Crippen MR) is 92.2 cm³/mol. The molecular formula is C20H22N2O3. The van der Waals surface area contributed by atoms with Crippen molar-refractivity contribution >= 4 is 11.9 Å². The molecule has 25 heavy (non-hydrogen) atoms. The van der Waals surface area contributed by atoms with Crippen molar-refractivity contribution in [1.29, 1.82) is 0 Å². The van der Waals surface area contributed by atoms with Gasteiger partial charge in [-0.25, -0.2) is 0 Å². The number of amides is 1. The molecular weight excluding hydrogens is 316 g/mol. The Bertz CT molecular complexity index is 753. The van der Waals surface area contributed by atoms with Crippen LogP contribution in [0.2, 0.25) is 0 Å². The normalized spacial score (nSPS) is 16.4. The summed E-state index contributed by atoms with van der Waals surface area (Å²) >= 11 is 0. The minimum absolute atomic E-state index is 0.0417. The van der Waals surface area contributed by atoms with Gasteiger partial charge < -0.3 is 19.7 Å². The predicted octanol–water partition coefficient (Wildman–Crippen LogP) is 0.152. The highest BCUT2D eigenvalue weighted by Gasteiger charge is 2.29. The number of carboxylic acids is 1. The highest BCUT2D eigenvalue weighted by atomic mass is 16.4. The number of benzene rings is 2. The minimum Gasteiger partial charge on any atom is -0.545 e. The lowest BCUT2D eigenvalue weighted by Gasteiger charge is -2.35. The number of rotatable bonds is 4. The Kier molecular flexibility index (Phi) is 5.14. The van der Waals surface area contributed by atoms with Crippen molar-refractivity contribution in [2.24, 2.45) is 0 Å². The van der Waals surface area contributed by atoms with Gasteiger partial charge in [-0.2, -0.15) is 0 Å². The molecule has 0 bridgehead atoms. The van der Waals surface area contributed by atoms with Crippen LogP contribution >= 0.6 is 0 Å². The first-order chi connectivity index (χ1) is 12.1. The van der Waals surface area contributed by atoms with Gasteiger partial charge in [0.2, 0.25) is 0 Å². The molecule has 5 nitrogen and oxygen atoms in total. The maximum Gasteiger partial charge on any atom is 0.254 e. The summed E-state index contributed by atoms with van der Waals surface area (Å²) in [5.74, 6) is -1.54. The summed E-state index contributed by atoms with van der Waals surface area (Å²) in [6.07, 6.45) is 0. The number of piperazine rings is 1. The van der Waals surface area contributed by atoms with Crippen molar-refractivity contribution in [1.82, 2.24) is 4.90 Å². The van der Waals surface area contributed by atoms with Crippen LogP contribution in [0.5, 0.6) is 0 Å². The monoisotopic (exact) mass is 338 g/mol. The number of nitrogens with one attached hydrogen (secondary N) is 1. The fourth-order valence-corrected chi connectivity index (χ4v) is 3.43. The van der Waals surface area contributed by atoms with Gasteiger partial charge in [0, 0.05) is 16.7 Å².